The van der Waals surface area contributed by atoms with E-state index in [9.17, 15) is 13.6 Å². The fourth-order valence-corrected chi connectivity index (χ4v) is 1.40. The van der Waals surface area contributed by atoms with Gasteiger partial charge in [0.15, 0.2) is 0 Å². The number of hydrogen-bond donors (Lipinski definition) is 1. The topological polar surface area (TPSA) is 59.4 Å². The molecule has 0 amide bonds. The highest BCUT2D eigenvalue weighted by atomic mass is 19.3. The van der Waals surface area contributed by atoms with Crippen molar-refractivity contribution in [3.63, 3.8) is 0 Å². The van der Waals surface area contributed by atoms with E-state index in [2.05, 4.69) is 4.98 Å². The Morgan fingerprint density at radius 1 is 1.62 bits per heavy atom. The zero-order valence-corrected chi connectivity index (χ0v) is 8.83. The van der Waals surface area contributed by atoms with Crippen LogP contribution in [0.4, 0.5) is 8.78 Å². The standard InChI is InChI=1S/C10H11F2NO3/c1-5-6(3-7(14)15)4-13-8(10(11)12)9(5)16-2/h4,10H,3H2,1-2H3,(H,14,15). The predicted molar refractivity (Wildman–Crippen MR) is 51.8 cm³/mol. The number of aromatic nitrogens is 1. The number of alkyl halides is 2. The molecule has 0 fully saturated rings. The van der Waals surface area contributed by atoms with E-state index in [1.54, 1.807) is 0 Å². The van der Waals surface area contributed by atoms with Gasteiger partial charge in [0.2, 0.25) is 0 Å². The second kappa shape index (κ2) is 4.87. The molecule has 0 aromatic carbocycles. The monoisotopic (exact) mass is 231 g/mol. The van der Waals surface area contributed by atoms with Crippen molar-refractivity contribution in [2.75, 3.05) is 7.11 Å². The third-order valence-electron chi connectivity index (χ3n) is 2.17. The summed E-state index contributed by atoms with van der Waals surface area (Å²) in [6.45, 7) is 1.53. The van der Waals surface area contributed by atoms with Crippen LogP contribution in [0, 0.1) is 6.92 Å². The minimum Gasteiger partial charge on any atom is -0.494 e. The third-order valence-corrected chi connectivity index (χ3v) is 2.17. The van der Waals surface area contributed by atoms with E-state index in [0.717, 1.165) is 6.20 Å². The van der Waals surface area contributed by atoms with Gasteiger partial charge >= 0.3 is 5.97 Å². The summed E-state index contributed by atoms with van der Waals surface area (Å²) in [4.78, 5) is 14.0. The fourth-order valence-electron chi connectivity index (χ4n) is 1.40. The third kappa shape index (κ3) is 2.44. The molecule has 1 aromatic heterocycles. The van der Waals surface area contributed by atoms with Crippen LogP contribution >= 0.6 is 0 Å². The quantitative estimate of drug-likeness (QED) is 0.860. The van der Waals surface area contributed by atoms with Crippen molar-refractivity contribution in [2.45, 2.75) is 19.8 Å². The predicted octanol–water partition coefficient (Wildman–Crippen LogP) is 1.96. The zero-order chi connectivity index (χ0) is 12.3. The molecule has 1 aromatic rings. The summed E-state index contributed by atoms with van der Waals surface area (Å²) in [5.74, 6) is -1.09. The molecule has 0 aliphatic heterocycles. The van der Waals surface area contributed by atoms with Gasteiger partial charge in [-0.15, -0.1) is 0 Å². The molecule has 16 heavy (non-hydrogen) atoms. The highest BCUT2D eigenvalue weighted by molar-refractivity contribution is 5.71. The summed E-state index contributed by atoms with van der Waals surface area (Å²) < 4.78 is 29.9. The number of carboxylic acid groups (broad SMARTS) is 1. The van der Waals surface area contributed by atoms with Crippen LogP contribution in [0.2, 0.25) is 0 Å². The van der Waals surface area contributed by atoms with Crippen molar-refractivity contribution in [1.82, 2.24) is 4.98 Å². The largest absolute Gasteiger partial charge is 0.494 e. The number of methoxy groups -OCH3 is 1. The lowest BCUT2D eigenvalue weighted by Gasteiger charge is -2.12. The Labute approximate surface area is 90.9 Å². The van der Waals surface area contributed by atoms with Crippen LogP contribution in [0.25, 0.3) is 0 Å². The lowest BCUT2D eigenvalue weighted by Crippen LogP contribution is -2.06. The lowest BCUT2D eigenvalue weighted by atomic mass is 10.1. The Bertz CT molecular complexity index is 407. The van der Waals surface area contributed by atoms with Crippen molar-refractivity contribution >= 4 is 5.97 Å². The van der Waals surface area contributed by atoms with E-state index in [1.165, 1.54) is 14.0 Å². The van der Waals surface area contributed by atoms with Crippen molar-refractivity contribution < 1.29 is 23.4 Å². The van der Waals surface area contributed by atoms with Crippen molar-refractivity contribution in [2.24, 2.45) is 0 Å². The smallest absolute Gasteiger partial charge is 0.307 e. The summed E-state index contributed by atoms with van der Waals surface area (Å²) in [7, 11) is 1.25. The van der Waals surface area contributed by atoms with E-state index < -0.39 is 18.1 Å². The van der Waals surface area contributed by atoms with Crippen LogP contribution in [0.15, 0.2) is 6.20 Å². The highest BCUT2D eigenvalue weighted by Crippen LogP contribution is 2.31. The lowest BCUT2D eigenvalue weighted by molar-refractivity contribution is -0.136. The number of aliphatic carboxylic acids is 1. The molecule has 0 unspecified atom stereocenters. The van der Waals surface area contributed by atoms with E-state index in [-0.39, 0.29) is 12.2 Å². The van der Waals surface area contributed by atoms with Gasteiger partial charge in [0.05, 0.1) is 13.5 Å². The van der Waals surface area contributed by atoms with Gasteiger partial charge in [-0.3, -0.25) is 9.78 Å². The van der Waals surface area contributed by atoms with E-state index in [4.69, 9.17) is 9.84 Å². The van der Waals surface area contributed by atoms with Crippen LogP contribution in [-0.2, 0) is 11.2 Å². The fraction of sp³-hybridized carbons (Fsp3) is 0.400. The molecule has 4 nitrogen and oxygen atoms in total. The number of pyridine rings is 1. The molecular formula is C10H11F2NO3. The second-order valence-electron chi connectivity index (χ2n) is 3.20. The average Bonchev–Trinajstić information content (AvgIpc) is 2.19. The molecule has 1 rings (SSSR count). The van der Waals surface area contributed by atoms with Gasteiger partial charge in [0, 0.05) is 6.20 Å². The van der Waals surface area contributed by atoms with Gasteiger partial charge in [-0.05, 0) is 18.1 Å². The van der Waals surface area contributed by atoms with E-state index in [0.29, 0.717) is 11.1 Å². The first-order valence-electron chi connectivity index (χ1n) is 4.49. The Hall–Kier alpha value is -1.72. The molecule has 0 aliphatic carbocycles. The maximum absolute atomic E-state index is 12.5. The molecule has 0 bridgehead atoms. The first kappa shape index (κ1) is 12.4. The Kier molecular flexibility index (Phi) is 3.76. The molecule has 0 saturated heterocycles. The number of nitrogens with zero attached hydrogens (tertiary/aromatic N) is 1. The number of halogens is 2. The van der Waals surface area contributed by atoms with Crippen LogP contribution < -0.4 is 4.74 Å². The number of rotatable bonds is 4. The van der Waals surface area contributed by atoms with Crippen molar-refractivity contribution in [1.29, 1.82) is 0 Å². The van der Waals surface area contributed by atoms with E-state index >= 15 is 0 Å². The summed E-state index contributed by atoms with van der Waals surface area (Å²) in [5.41, 5.74) is 0.290. The molecule has 0 radical (unpaired) electrons. The van der Waals surface area contributed by atoms with Gasteiger partial charge in [-0.25, -0.2) is 8.78 Å². The highest BCUT2D eigenvalue weighted by Gasteiger charge is 2.20. The minimum atomic E-state index is -2.74. The number of hydrogen-bond acceptors (Lipinski definition) is 3. The van der Waals surface area contributed by atoms with Crippen LogP contribution in [-0.4, -0.2) is 23.2 Å². The Morgan fingerprint density at radius 3 is 2.69 bits per heavy atom. The van der Waals surface area contributed by atoms with Crippen LogP contribution in [0.3, 0.4) is 0 Å². The molecule has 88 valence electrons. The number of carboxylic acids is 1. The SMILES string of the molecule is COc1c(C(F)F)ncc(CC(=O)O)c1C. The summed E-state index contributed by atoms with van der Waals surface area (Å²) in [6.07, 6.45) is -1.86. The van der Waals surface area contributed by atoms with Gasteiger partial charge in [0.25, 0.3) is 6.43 Å². The van der Waals surface area contributed by atoms with E-state index in [1.807, 2.05) is 0 Å². The van der Waals surface area contributed by atoms with Gasteiger partial charge < -0.3 is 9.84 Å². The van der Waals surface area contributed by atoms with Crippen LogP contribution in [0.1, 0.15) is 23.2 Å². The molecular weight excluding hydrogens is 220 g/mol. The zero-order valence-electron chi connectivity index (χ0n) is 8.83. The van der Waals surface area contributed by atoms with Gasteiger partial charge in [-0.1, -0.05) is 0 Å². The van der Waals surface area contributed by atoms with Gasteiger partial charge in [0.1, 0.15) is 11.4 Å². The number of carbonyl (C=O) groups is 1. The summed E-state index contributed by atoms with van der Waals surface area (Å²) >= 11 is 0. The molecule has 1 heterocycles. The maximum atomic E-state index is 12.5. The first-order chi connectivity index (χ1) is 7.47. The molecule has 6 heteroatoms. The second-order valence-corrected chi connectivity index (χ2v) is 3.20. The van der Waals surface area contributed by atoms with Crippen molar-refractivity contribution in [3.05, 3.63) is 23.0 Å². The molecule has 1 N–H and O–H groups in total. The Morgan fingerprint density at radius 2 is 2.25 bits per heavy atom. The summed E-state index contributed by atoms with van der Waals surface area (Å²) in [6, 6.07) is 0. The minimum absolute atomic E-state index is 0.0475. The summed E-state index contributed by atoms with van der Waals surface area (Å²) in [5, 5.41) is 8.62. The average molecular weight is 231 g/mol. The maximum Gasteiger partial charge on any atom is 0.307 e. The molecule has 0 aliphatic rings. The Balaban J connectivity index is 3.23. The molecule has 0 spiro atoms. The molecule has 0 atom stereocenters. The normalized spacial score (nSPS) is 10.6. The first-order valence-corrected chi connectivity index (χ1v) is 4.49. The van der Waals surface area contributed by atoms with Gasteiger partial charge in [-0.2, -0.15) is 0 Å². The van der Waals surface area contributed by atoms with Crippen molar-refractivity contribution in [3.8, 4) is 5.75 Å². The van der Waals surface area contributed by atoms with Crippen LogP contribution in [0.5, 0.6) is 5.75 Å². The molecule has 0 saturated carbocycles. The number of ether oxygens (including phenoxy) is 1.